The summed E-state index contributed by atoms with van der Waals surface area (Å²) in [6, 6.07) is 13.0. The zero-order valence-electron chi connectivity index (χ0n) is 14.5. The Morgan fingerprint density at radius 2 is 1.92 bits per heavy atom. The molecule has 5 nitrogen and oxygen atoms in total. The first kappa shape index (κ1) is 20.4. The molecular weight excluding hydrogens is 390 g/mol. The molecule has 26 heavy (non-hydrogen) atoms. The van der Waals surface area contributed by atoms with E-state index < -0.39 is 0 Å². The lowest BCUT2D eigenvalue weighted by Crippen LogP contribution is -2.30. The van der Waals surface area contributed by atoms with Gasteiger partial charge in [-0.1, -0.05) is 11.6 Å². The van der Waals surface area contributed by atoms with E-state index in [1.165, 1.54) is 6.92 Å². The molecule has 0 aliphatic carbocycles. The molecule has 0 atom stereocenters. The Balaban J connectivity index is 1.84. The molecule has 0 aliphatic heterocycles. The molecular formula is C18H20ClN3O2S2. The number of amides is 1. The molecule has 8 heteroatoms. The lowest BCUT2D eigenvalue weighted by atomic mass is 10.2. The van der Waals surface area contributed by atoms with Gasteiger partial charge < -0.3 is 20.7 Å². The molecule has 2 rings (SSSR count). The smallest absolute Gasteiger partial charge is 0.221 e. The van der Waals surface area contributed by atoms with Crippen LogP contribution in [0.4, 0.5) is 11.4 Å². The predicted molar refractivity (Wildman–Crippen MR) is 114 cm³/mol. The van der Waals surface area contributed by atoms with Crippen LogP contribution in [0.3, 0.4) is 0 Å². The first-order valence-corrected chi connectivity index (χ1v) is 9.64. The number of halogens is 1. The van der Waals surface area contributed by atoms with Gasteiger partial charge in [-0.05, 0) is 54.7 Å². The first-order chi connectivity index (χ1) is 12.5. The maximum atomic E-state index is 11.2. The number of thioether (sulfide) groups is 1. The highest BCUT2D eigenvalue weighted by atomic mass is 35.5. The summed E-state index contributed by atoms with van der Waals surface area (Å²) in [6.07, 6.45) is 0. The first-order valence-electron chi connectivity index (χ1n) is 7.87. The minimum absolute atomic E-state index is 0.138. The van der Waals surface area contributed by atoms with Crippen molar-refractivity contribution in [3.63, 3.8) is 0 Å². The molecule has 1 amide bonds. The maximum absolute atomic E-state index is 11.2. The van der Waals surface area contributed by atoms with Crippen LogP contribution in [0.1, 0.15) is 6.92 Å². The number of thiocarbonyl (C=S) groups is 1. The van der Waals surface area contributed by atoms with E-state index in [1.807, 2.05) is 24.3 Å². The quantitative estimate of drug-likeness (QED) is 0.358. The van der Waals surface area contributed by atoms with Crippen molar-refractivity contribution in [3.05, 3.63) is 47.5 Å². The Hall–Kier alpha value is -1.96. The Labute approximate surface area is 167 Å². The van der Waals surface area contributed by atoms with Crippen molar-refractivity contribution < 1.29 is 9.53 Å². The fraction of sp³-hybridized carbons (Fsp3) is 0.222. The van der Waals surface area contributed by atoms with Crippen molar-refractivity contribution in [2.24, 2.45) is 0 Å². The molecule has 138 valence electrons. The lowest BCUT2D eigenvalue weighted by Gasteiger charge is -2.15. The summed E-state index contributed by atoms with van der Waals surface area (Å²) < 4.78 is 5.32. The lowest BCUT2D eigenvalue weighted by molar-refractivity contribution is -0.114. The number of benzene rings is 2. The van der Waals surface area contributed by atoms with Gasteiger partial charge in [0.1, 0.15) is 5.75 Å². The highest BCUT2D eigenvalue weighted by Crippen LogP contribution is 2.27. The Kier molecular flexibility index (Phi) is 8.03. The van der Waals surface area contributed by atoms with Gasteiger partial charge in [0.2, 0.25) is 5.91 Å². The van der Waals surface area contributed by atoms with Gasteiger partial charge in [0, 0.05) is 34.8 Å². The van der Waals surface area contributed by atoms with Crippen LogP contribution in [0.25, 0.3) is 0 Å². The highest BCUT2D eigenvalue weighted by molar-refractivity contribution is 7.99. The molecule has 0 radical (unpaired) electrons. The Bertz CT molecular complexity index is 770. The molecule has 0 spiro atoms. The number of hydrogen-bond acceptors (Lipinski definition) is 4. The number of anilines is 2. The van der Waals surface area contributed by atoms with Crippen molar-refractivity contribution in [2.75, 3.05) is 30.0 Å². The topological polar surface area (TPSA) is 62.4 Å². The summed E-state index contributed by atoms with van der Waals surface area (Å²) in [4.78, 5) is 12.4. The van der Waals surface area contributed by atoms with Gasteiger partial charge in [-0.2, -0.15) is 0 Å². The fourth-order valence-electron chi connectivity index (χ4n) is 2.12. The highest BCUT2D eigenvalue weighted by Gasteiger charge is 2.07. The van der Waals surface area contributed by atoms with Gasteiger partial charge in [0.15, 0.2) is 5.11 Å². The molecule has 3 N–H and O–H groups in total. The molecule has 0 fully saturated rings. The van der Waals surface area contributed by atoms with E-state index in [-0.39, 0.29) is 5.91 Å². The molecule has 0 saturated heterocycles. The van der Waals surface area contributed by atoms with Crippen LogP contribution in [-0.4, -0.2) is 30.4 Å². The largest absolute Gasteiger partial charge is 0.495 e. The Morgan fingerprint density at radius 3 is 2.58 bits per heavy atom. The van der Waals surface area contributed by atoms with Crippen LogP contribution in [0.15, 0.2) is 47.4 Å². The standard InChI is InChI=1S/C18H20ClN3O2S2/c1-12(23)21-14-5-8-17(24-2)16(11-14)22-18(25)20-9-10-26-15-6-3-13(19)4-7-15/h3-8,11H,9-10H2,1-2H3,(H,21,23)(H2,20,22,25). The zero-order chi connectivity index (χ0) is 18.9. The second-order valence-corrected chi connectivity index (χ2v) is 7.29. The van der Waals surface area contributed by atoms with E-state index in [2.05, 4.69) is 16.0 Å². The number of ether oxygens (including phenoxy) is 1. The van der Waals surface area contributed by atoms with Gasteiger partial charge in [0.05, 0.1) is 12.8 Å². The van der Waals surface area contributed by atoms with E-state index in [0.717, 1.165) is 15.7 Å². The molecule has 0 unspecified atom stereocenters. The summed E-state index contributed by atoms with van der Waals surface area (Å²) >= 11 is 12.9. The van der Waals surface area contributed by atoms with Crippen LogP contribution in [0.5, 0.6) is 5.75 Å². The average Bonchev–Trinajstić information content (AvgIpc) is 2.60. The average molecular weight is 410 g/mol. The van der Waals surface area contributed by atoms with Crippen molar-refractivity contribution in [2.45, 2.75) is 11.8 Å². The molecule has 2 aromatic carbocycles. The number of hydrogen-bond donors (Lipinski definition) is 3. The van der Waals surface area contributed by atoms with Crippen LogP contribution >= 0.6 is 35.6 Å². The number of nitrogens with one attached hydrogen (secondary N) is 3. The molecule has 0 aliphatic rings. The number of carbonyl (C=O) groups excluding carboxylic acids is 1. The third kappa shape index (κ3) is 6.74. The van der Waals surface area contributed by atoms with Crippen LogP contribution in [0.2, 0.25) is 5.02 Å². The van der Waals surface area contributed by atoms with Gasteiger partial charge in [0.25, 0.3) is 0 Å². The van der Waals surface area contributed by atoms with Gasteiger partial charge in [-0.25, -0.2) is 0 Å². The van der Waals surface area contributed by atoms with Crippen LogP contribution in [0, 0.1) is 0 Å². The van der Waals surface area contributed by atoms with Gasteiger partial charge in [-0.15, -0.1) is 11.8 Å². The minimum atomic E-state index is -0.138. The van der Waals surface area contributed by atoms with E-state index >= 15 is 0 Å². The minimum Gasteiger partial charge on any atom is -0.495 e. The molecule has 2 aromatic rings. The SMILES string of the molecule is COc1ccc(NC(C)=O)cc1NC(=S)NCCSc1ccc(Cl)cc1. The van der Waals surface area contributed by atoms with Crippen molar-refractivity contribution in [1.82, 2.24) is 5.32 Å². The third-order valence-corrected chi connectivity index (χ3v) is 4.75. The Morgan fingerprint density at radius 1 is 1.19 bits per heavy atom. The third-order valence-electron chi connectivity index (χ3n) is 3.24. The summed E-state index contributed by atoms with van der Waals surface area (Å²) in [6.45, 7) is 2.16. The molecule has 0 saturated carbocycles. The number of carbonyl (C=O) groups is 1. The normalized spacial score (nSPS) is 10.1. The van der Waals surface area contributed by atoms with Gasteiger partial charge >= 0.3 is 0 Å². The second kappa shape index (κ2) is 10.3. The van der Waals surface area contributed by atoms with E-state index in [1.54, 1.807) is 37.1 Å². The van der Waals surface area contributed by atoms with Crippen molar-refractivity contribution in [1.29, 1.82) is 0 Å². The van der Waals surface area contributed by atoms with E-state index in [4.69, 9.17) is 28.6 Å². The monoisotopic (exact) mass is 409 g/mol. The summed E-state index contributed by atoms with van der Waals surface area (Å²) in [7, 11) is 1.58. The van der Waals surface area contributed by atoms with Crippen molar-refractivity contribution in [3.8, 4) is 5.75 Å². The number of rotatable bonds is 7. The fourth-order valence-corrected chi connectivity index (χ4v) is 3.22. The second-order valence-electron chi connectivity index (χ2n) is 5.28. The molecule has 0 heterocycles. The van der Waals surface area contributed by atoms with E-state index in [0.29, 0.717) is 28.8 Å². The maximum Gasteiger partial charge on any atom is 0.221 e. The van der Waals surface area contributed by atoms with Gasteiger partial charge in [-0.3, -0.25) is 4.79 Å². The molecule has 0 bridgehead atoms. The van der Waals surface area contributed by atoms with Crippen LogP contribution < -0.4 is 20.7 Å². The zero-order valence-corrected chi connectivity index (χ0v) is 16.9. The van der Waals surface area contributed by atoms with Crippen LogP contribution in [-0.2, 0) is 4.79 Å². The summed E-state index contributed by atoms with van der Waals surface area (Å²) in [5.74, 6) is 1.35. The van der Waals surface area contributed by atoms with E-state index in [9.17, 15) is 4.79 Å². The summed E-state index contributed by atoms with van der Waals surface area (Å²) in [5, 5.41) is 10.2. The predicted octanol–water partition coefficient (Wildman–Crippen LogP) is 4.39. The number of methoxy groups -OCH3 is 1. The van der Waals surface area contributed by atoms with Crippen molar-refractivity contribution >= 4 is 58.0 Å². The summed E-state index contributed by atoms with van der Waals surface area (Å²) in [5.41, 5.74) is 1.35. The molecule has 0 aromatic heterocycles.